The summed E-state index contributed by atoms with van der Waals surface area (Å²) in [6, 6.07) is 11.9. The number of ether oxygens (including phenoxy) is 1. The second kappa shape index (κ2) is 5.88. The molecular weight excluding hydrogens is 276 g/mol. The summed E-state index contributed by atoms with van der Waals surface area (Å²) < 4.78 is 5.27. The van der Waals surface area contributed by atoms with E-state index >= 15 is 0 Å². The number of hydrogen-bond acceptors (Lipinski definition) is 3. The van der Waals surface area contributed by atoms with E-state index in [1.807, 2.05) is 26.0 Å². The molecule has 2 aromatic carbocycles. The summed E-state index contributed by atoms with van der Waals surface area (Å²) in [6.07, 6.45) is 0. The Bertz CT molecular complexity index is 660. The molecule has 0 N–H and O–H groups in total. The molecule has 2 rings (SSSR count). The molecule has 0 fully saturated rings. The van der Waals surface area contributed by atoms with Gasteiger partial charge in [0, 0.05) is 0 Å². The lowest BCUT2D eigenvalue weighted by atomic mass is 10.1. The molecule has 0 amide bonds. The van der Waals surface area contributed by atoms with Crippen molar-refractivity contribution in [2.24, 2.45) is 0 Å². The molecule has 4 heteroatoms. The fourth-order valence-electron chi connectivity index (χ4n) is 1.72. The molecule has 0 unspecified atom stereocenters. The Kier molecular flexibility index (Phi) is 4.20. The average Bonchev–Trinajstić information content (AvgIpc) is 2.39. The fraction of sp³-hybridized carbons (Fsp3) is 0.125. The Labute approximate surface area is 122 Å². The highest BCUT2D eigenvalue weighted by molar-refractivity contribution is 6.68. The van der Waals surface area contributed by atoms with Gasteiger partial charge in [0.2, 0.25) is 0 Å². The molecule has 0 heterocycles. The molecule has 0 aliphatic rings. The van der Waals surface area contributed by atoms with Crippen LogP contribution < -0.4 is 4.74 Å². The number of hydrogen-bond donors (Lipinski definition) is 0. The normalized spacial score (nSPS) is 10.2. The van der Waals surface area contributed by atoms with E-state index in [1.54, 1.807) is 30.3 Å². The largest absolute Gasteiger partial charge is 0.422 e. The van der Waals surface area contributed by atoms with Crippen molar-refractivity contribution in [2.75, 3.05) is 0 Å². The zero-order valence-electron chi connectivity index (χ0n) is 11.1. The summed E-state index contributed by atoms with van der Waals surface area (Å²) in [6.45, 7) is 3.77. The second-order valence-corrected chi connectivity index (χ2v) is 4.87. The van der Waals surface area contributed by atoms with Gasteiger partial charge in [0.1, 0.15) is 5.75 Å². The van der Waals surface area contributed by atoms with E-state index in [-0.39, 0.29) is 11.3 Å². The summed E-state index contributed by atoms with van der Waals surface area (Å²) in [7, 11) is 0. The molecule has 0 aromatic heterocycles. The second-order valence-electron chi connectivity index (χ2n) is 4.53. The van der Waals surface area contributed by atoms with Gasteiger partial charge in [-0.2, -0.15) is 0 Å². The van der Waals surface area contributed by atoms with Crippen molar-refractivity contribution in [1.82, 2.24) is 0 Å². The zero-order valence-corrected chi connectivity index (χ0v) is 11.9. The van der Waals surface area contributed by atoms with Crippen molar-refractivity contribution in [3.05, 3.63) is 64.7 Å². The Balaban J connectivity index is 2.29. The highest BCUT2D eigenvalue weighted by atomic mass is 35.5. The van der Waals surface area contributed by atoms with Crippen molar-refractivity contribution in [3.63, 3.8) is 0 Å². The Morgan fingerprint density at radius 3 is 2.15 bits per heavy atom. The number of carbonyl (C=O) groups excluding carboxylic acids is 2. The van der Waals surface area contributed by atoms with Crippen molar-refractivity contribution >= 4 is 22.8 Å². The van der Waals surface area contributed by atoms with Gasteiger partial charge in [-0.05, 0) is 55.3 Å². The molecule has 0 bridgehead atoms. The smallest absolute Gasteiger partial charge is 0.343 e. The van der Waals surface area contributed by atoms with Crippen LogP contribution in [0.1, 0.15) is 31.8 Å². The van der Waals surface area contributed by atoms with Crippen LogP contribution in [0.3, 0.4) is 0 Å². The third-order valence-corrected chi connectivity index (χ3v) is 3.04. The first-order chi connectivity index (χ1) is 9.47. The van der Waals surface area contributed by atoms with Gasteiger partial charge in [-0.25, -0.2) is 4.79 Å². The van der Waals surface area contributed by atoms with E-state index in [2.05, 4.69) is 0 Å². The van der Waals surface area contributed by atoms with Gasteiger partial charge >= 0.3 is 5.97 Å². The minimum atomic E-state index is -0.656. The number of halogens is 1. The summed E-state index contributed by atoms with van der Waals surface area (Å²) in [5.41, 5.74) is 2.52. The molecule has 20 heavy (non-hydrogen) atoms. The van der Waals surface area contributed by atoms with E-state index in [4.69, 9.17) is 16.3 Å². The van der Waals surface area contributed by atoms with Crippen molar-refractivity contribution in [3.8, 4) is 5.75 Å². The first-order valence-corrected chi connectivity index (χ1v) is 6.44. The van der Waals surface area contributed by atoms with Crippen LogP contribution in [0.2, 0.25) is 0 Å². The van der Waals surface area contributed by atoms with Crippen molar-refractivity contribution in [1.29, 1.82) is 0 Å². The molecule has 0 atom stereocenters. The van der Waals surface area contributed by atoms with Gasteiger partial charge in [-0.3, -0.25) is 4.79 Å². The highest BCUT2D eigenvalue weighted by Crippen LogP contribution is 2.23. The van der Waals surface area contributed by atoms with Crippen LogP contribution in [0.5, 0.6) is 5.75 Å². The number of aryl methyl sites for hydroxylation is 2. The molecule has 0 spiro atoms. The minimum Gasteiger partial charge on any atom is -0.422 e. The van der Waals surface area contributed by atoms with Crippen LogP contribution in [0.4, 0.5) is 0 Å². The standard InChI is InChI=1S/C16H13ClO3/c1-10-3-6-12(7-4-10)16(19)20-14-9-11(2)5-8-13(14)15(17)18/h3-9H,1-2H3. The molecule has 0 saturated heterocycles. The van der Waals surface area contributed by atoms with Crippen LogP contribution >= 0.6 is 11.6 Å². The van der Waals surface area contributed by atoms with E-state index in [9.17, 15) is 9.59 Å². The first kappa shape index (κ1) is 14.3. The Morgan fingerprint density at radius 2 is 1.55 bits per heavy atom. The SMILES string of the molecule is Cc1ccc(C(=O)Oc2cc(C)ccc2C(=O)Cl)cc1. The number of esters is 1. The van der Waals surface area contributed by atoms with E-state index in [0.717, 1.165) is 11.1 Å². The molecule has 0 radical (unpaired) electrons. The lowest BCUT2D eigenvalue weighted by molar-refractivity contribution is 0.0733. The van der Waals surface area contributed by atoms with Gasteiger partial charge in [-0.15, -0.1) is 0 Å². The Morgan fingerprint density at radius 1 is 0.950 bits per heavy atom. The number of carbonyl (C=O) groups is 2. The fourth-order valence-corrected chi connectivity index (χ4v) is 1.88. The van der Waals surface area contributed by atoms with E-state index in [0.29, 0.717) is 5.56 Å². The van der Waals surface area contributed by atoms with E-state index < -0.39 is 11.2 Å². The maximum Gasteiger partial charge on any atom is 0.343 e. The third kappa shape index (κ3) is 3.25. The van der Waals surface area contributed by atoms with Crippen LogP contribution in [0.25, 0.3) is 0 Å². The number of benzene rings is 2. The molecule has 0 aliphatic heterocycles. The van der Waals surface area contributed by atoms with Gasteiger partial charge in [0.15, 0.2) is 0 Å². The molecule has 3 nitrogen and oxygen atoms in total. The highest BCUT2D eigenvalue weighted by Gasteiger charge is 2.15. The van der Waals surface area contributed by atoms with Gasteiger partial charge in [0.25, 0.3) is 5.24 Å². The maximum atomic E-state index is 12.0. The maximum absolute atomic E-state index is 12.0. The monoisotopic (exact) mass is 288 g/mol. The van der Waals surface area contributed by atoms with Crippen molar-refractivity contribution in [2.45, 2.75) is 13.8 Å². The molecule has 102 valence electrons. The molecule has 0 saturated carbocycles. The number of rotatable bonds is 3. The average molecular weight is 289 g/mol. The van der Waals surface area contributed by atoms with Crippen molar-refractivity contribution < 1.29 is 14.3 Å². The van der Waals surface area contributed by atoms with Crippen LogP contribution in [-0.2, 0) is 0 Å². The predicted octanol–water partition coefficient (Wildman–Crippen LogP) is 3.90. The van der Waals surface area contributed by atoms with E-state index in [1.165, 1.54) is 0 Å². The molecular formula is C16H13ClO3. The quantitative estimate of drug-likeness (QED) is 0.489. The summed E-state index contributed by atoms with van der Waals surface area (Å²) >= 11 is 5.48. The van der Waals surface area contributed by atoms with Crippen LogP contribution in [0, 0.1) is 13.8 Å². The van der Waals surface area contributed by atoms with Crippen LogP contribution in [-0.4, -0.2) is 11.2 Å². The zero-order chi connectivity index (χ0) is 14.7. The summed E-state index contributed by atoms with van der Waals surface area (Å²) in [5, 5.41) is -0.656. The first-order valence-electron chi connectivity index (χ1n) is 6.06. The van der Waals surface area contributed by atoms with Gasteiger partial charge in [-0.1, -0.05) is 23.8 Å². The van der Waals surface area contributed by atoms with Gasteiger partial charge in [0.05, 0.1) is 11.1 Å². The third-order valence-electron chi connectivity index (χ3n) is 2.84. The Hall–Kier alpha value is -2.13. The summed E-state index contributed by atoms with van der Waals surface area (Å²) in [5.74, 6) is -0.342. The lowest BCUT2D eigenvalue weighted by Gasteiger charge is -2.08. The van der Waals surface area contributed by atoms with Crippen LogP contribution in [0.15, 0.2) is 42.5 Å². The lowest BCUT2D eigenvalue weighted by Crippen LogP contribution is -2.10. The molecule has 0 aliphatic carbocycles. The minimum absolute atomic E-state index is 0.176. The predicted molar refractivity (Wildman–Crippen MR) is 77.5 cm³/mol. The van der Waals surface area contributed by atoms with Gasteiger partial charge < -0.3 is 4.74 Å². The summed E-state index contributed by atoms with van der Waals surface area (Å²) in [4.78, 5) is 23.3. The topological polar surface area (TPSA) is 43.4 Å². The molecule has 2 aromatic rings.